The van der Waals surface area contributed by atoms with Crippen LogP contribution in [0.25, 0.3) is 0 Å². The lowest BCUT2D eigenvalue weighted by Crippen LogP contribution is -2.53. The lowest BCUT2D eigenvalue weighted by atomic mass is 10.2. The number of piperazine rings is 1. The number of hydrogen-bond acceptors (Lipinski definition) is 5. The number of amides is 3. The van der Waals surface area contributed by atoms with Gasteiger partial charge >= 0.3 is 6.03 Å². The fraction of sp³-hybridized carbons (Fsp3) is 0.579. The molecule has 8 heteroatoms. The van der Waals surface area contributed by atoms with Crippen molar-refractivity contribution in [3.8, 4) is 11.5 Å². The van der Waals surface area contributed by atoms with Crippen LogP contribution in [-0.2, 0) is 11.3 Å². The highest BCUT2D eigenvalue weighted by molar-refractivity contribution is 5.78. The Morgan fingerprint density at radius 3 is 2.44 bits per heavy atom. The number of nitrogens with zero attached hydrogens (tertiary/aromatic N) is 3. The van der Waals surface area contributed by atoms with Crippen molar-refractivity contribution >= 4 is 11.9 Å². The minimum absolute atomic E-state index is 0.0761. The van der Waals surface area contributed by atoms with Crippen LogP contribution in [-0.4, -0.2) is 84.7 Å². The van der Waals surface area contributed by atoms with Gasteiger partial charge in [-0.15, -0.1) is 0 Å². The van der Waals surface area contributed by atoms with Crippen LogP contribution in [0.2, 0.25) is 0 Å². The normalized spacial score (nSPS) is 17.8. The molecule has 0 unspecified atom stereocenters. The number of rotatable bonds is 5. The molecule has 8 nitrogen and oxygen atoms in total. The van der Waals surface area contributed by atoms with Crippen molar-refractivity contribution in [1.82, 2.24) is 20.0 Å². The molecule has 0 atom stereocenters. The van der Waals surface area contributed by atoms with E-state index in [2.05, 4.69) is 10.2 Å². The number of carbonyl (C=O) groups excluding carboxylic acids is 2. The van der Waals surface area contributed by atoms with Crippen LogP contribution in [0.15, 0.2) is 18.2 Å². The van der Waals surface area contributed by atoms with Crippen LogP contribution < -0.4 is 10.1 Å². The maximum Gasteiger partial charge on any atom is 0.317 e. The first-order chi connectivity index (χ1) is 13.1. The summed E-state index contributed by atoms with van der Waals surface area (Å²) in [5, 5.41) is 12.5. The summed E-state index contributed by atoms with van der Waals surface area (Å²) in [5.74, 6) is 0.664. The second-order valence-electron chi connectivity index (χ2n) is 7.02. The SMILES string of the molecule is COc1cc(CNC(=O)N2CCN(CC(=O)N3CCCC3)CC2)ccc1O. The van der Waals surface area contributed by atoms with Gasteiger partial charge in [-0.05, 0) is 30.5 Å². The number of phenols is 1. The molecule has 2 aliphatic heterocycles. The van der Waals surface area contributed by atoms with Crippen LogP contribution in [0.4, 0.5) is 4.79 Å². The van der Waals surface area contributed by atoms with Gasteiger partial charge in [-0.25, -0.2) is 4.79 Å². The summed E-state index contributed by atoms with van der Waals surface area (Å²) in [7, 11) is 1.49. The van der Waals surface area contributed by atoms with Crippen LogP contribution >= 0.6 is 0 Å². The second kappa shape index (κ2) is 8.94. The number of aromatic hydroxyl groups is 1. The molecule has 1 aromatic rings. The maximum absolute atomic E-state index is 12.4. The molecule has 0 aliphatic carbocycles. The number of hydrogen-bond donors (Lipinski definition) is 2. The Bertz CT molecular complexity index is 668. The number of methoxy groups -OCH3 is 1. The van der Waals surface area contributed by atoms with Gasteiger partial charge in [-0.3, -0.25) is 9.69 Å². The average Bonchev–Trinajstić information content (AvgIpc) is 3.22. The van der Waals surface area contributed by atoms with Crippen molar-refractivity contribution in [3.63, 3.8) is 0 Å². The standard InChI is InChI=1S/C19H28N4O4/c1-27-17-12-15(4-5-16(17)24)13-20-19(26)23-10-8-21(9-11-23)14-18(25)22-6-2-3-7-22/h4-5,12,24H,2-3,6-11,13-14H2,1H3,(H,20,26). The van der Waals surface area contributed by atoms with Crippen molar-refractivity contribution in [2.24, 2.45) is 0 Å². The van der Waals surface area contributed by atoms with E-state index < -0.39 is 0 Å². The van der Waals surface area contributed by atoms with Crippen molar-refractivity contribution < 1.29 is 19.4 Å². The van der Waals surface area contributed by atoms with Gasteiger partial charge < -0.3 is 25.0 Å². The summed E-state index contributed by atoms with van der Waals surface area (Å²) in [6.07, 6.45) is 2.21. The van der Waals surface area contributed by atoms with Crippen LogP contribution in [0.5, 0.6) is 11.5 Å². The van der Waals surface area contributed by atoms with Crippen LogP contribution in [0, 0.1) is 0 Å². The van der Waals surface area contributed by atoms with Crippen molar-refractivity contribution in [2.45, 2.75) is 19.4 Å². The topological polar surface area (TPSA) is 85.4 Å². The maximum atomic E-state index is 12.4. The molecule has 0 bridgehead atoms. The first-order valence-electron chi connectivity index (χ1n) is 9.45. The molecule has 0 saturated carbocycles. The molecule has 0 aromatic heterocycles. The third kappa shape index (κ3) is 5.03. The third-order valence-electron chi connectivity index (χ3n) is 5.17. The van der Waals surface area contributed by atoms with E-state index in [1.165, 1.54) is 7.11 Å². The first-order valence-corrected chi connectivity index (χ1v) is 9.45. The van der Waals surface area contributed by atoms with E-state index in [0.29, 0.717) is 45.0 Å². The molecule has 3 rings (SSSR count). The minimum atomic E-state index is -0.118. The zero-order chi connectivity index (χ0) is 19.2. The fourth-order valence-corrected chi connectivity index (χ4v) is 3.49. The summed E-state index contributed by atoms with van der Waals surface area (Å²) < 4.78 is 5.08. The highest BCUT2D eigenvalue weighted by atomic mass is 16.5. The molecule has 2 saturated heterocycles. The largest absolute Gasteiger partial charge is 0.504 e. The molecule has 148 valence electrons. The van der Waals surface area contributed by atoms with Gasteiger partial charge in [0.2, 0.25) is 5.91 Å². The molecule has 3 amide bonds. The van der Waals surface area contributed by atoms with E-state index in [4.69, 9.17) is 4.74 Å². The molecular weight excluding hydrogens is 348 g/mol. The molecule has 0 spiro atoms. The summed E-state index contributed by atoms with van der Waals surface area (Å²) in [6, 6.07) is 4.89. The number of carbonyl (C=O) groups is 2. The molecular formula is C19H28N4O4. The van der Waals surface area contributed by atoms with Gasteiger partial charge in [0.1, 0.15) is 0 Å². The highest BCUT2D eigenvalue weighted by Crippen LogP contribution is 2.26. The first kappa shape index (κ1) is 19.3. The van der Waals surface area contributed by atoms with Gasteiger partial charge in [0.05, 0.1) is 13.7 Å². The number of benzene rings is 1. The molecule has 2 fully saturated rings. The number of ether oxygens (including phenoxy) is 1. The van der Waals surface area contributed by atoms with Gasteiger partial charge in [-0.1, -0.05) is 6.07 Å². The predicted molar refractivity (Wildman–Crippen MR) is 101 cm³/mol. The second-order valence-corrected chi connectivity index (χ2v) is 7.02. The Labute approximate surface area is 159 Å². The lowest BCUT2D eigenvalue weighted by molar-refractivity contribution is -0.131. The van der Waals surface area contributed by atoms with Gasteiger partial charge in [0, 0.05) is 45.8 Å². The van der Waals surface area contributed by atoms with Crippen molar-refractivity contribution in [3.05, 3.63) is 23.8 Å². The number of phenolic OH excluding ortho intramolecular Hbond substituents is 1. The Hall–Kier alpha value is -2.48. The molecule has 27 heavy (non-hydrogen) atoms. The van der Waals surface area contributed by atoms with E-state index in [9.17, 15) is 14.7 Å². The summed E-state index contributed by atoms with van der Waals surface area (Å²) in [4.78, 5) is 30.4. The van der Waals surface area contributed by atoms with E-state index >= 15 is 0 Å². The van der Waals surface area contributed by atoms with Crippen LogP contribution in [0.3, 0.4) is 0 Å². The molecule has 0 radical (unpaired) electrons. The van der Waals surface area contributed by atoms with E-state index in [1.807, 2.05) is 4.90 Å². The zero-order valence-corrected chi connectivity index (χ0v) is 15.8. The smallest absolute Gasteiger partial charge is 0.317 e. The van der Waals surface area contributed by atoms with Gasteiger partial charge in [0.25, 0.3) is 0 Å². The fourth-order valence-electron chi connectivity index (χ4n) is 3.49. The van der Waals surface area contributed by atoms with Crippen molar-refractivity contribution in [2.75, 3.05) is 52.9 Å². The average molecular weight is 376 g/mol. The Morgan fingerprint density at radius 1 is 1.07 bits per heavy atom. The minimum Gasteiger partial charge on any atom is -0.504 e. The number of nitrogens with one attached hydrogen (secondary N) is 1. The molecule has 2 heterocycles. The molecule has 2 N–H and O–H groups in total. The van der Waals surface area contributed by atoms with Gasteiger partial charge in [0.15, 0.2) is 11.5 Å². The lowest BCUT2D eigenvalue weighted by Gasteiger charge is -2.35. The number of likely N-dealkylation sites (tertiary alicyclic amines) is 1. The van der Waals surface area contributed by atoms with Crippen LogP contribution in [0.1, 0.15) is 18.4 Å². The summed E-state index contributed by atoms with van der Waals surface area (Å²) in [6.45, 7) is 5.20. The summed E-state index contributed by atoms with van der Waals surface area (Å²) in [5.41, 5.74) is 0.854. The van der Waals surface area contributed by atoms with E-state index in [1.54, 1.807) is 23.1 Å². The van der Waals surface area contributed by atoms with Gasteiger partial charge in [-0.2, -0.15) is 0 Å². The van der Waals surface area contributed by atoms with Crippen molar-refractivity contribution in [1.29, 1.82) is 0 Å². The predicted octanol–water partition coefficient (Wildman–Crippen LogP) is 0.850. The highest BCUT2D eigenvalue weighted by Gasteiger charge is 2.25. The third-order valence-corrected chi connectivity index (χ3v) is 5.17. The Kier molecular flexibility index (Phi) is 6.39. The number of urea groups is 1. The quantitative estimate of drug-likeness (QED) is 0.796. The Balaban J connectivity index is 1.41. The monoisotopic (exact) mass is 376 g/mol. The Morgan fingerprint density at radius 2 is 1.78 bits per heavy atom. The molecule has 2 aliphatic rings. The van der Waals surface area contributed by atoms with E-state index in [0.717, 1.165) is 31.5 Å². The summed E-state index contributed by atoms with van der Waals surface area (Å²) >= 11 is 0. The van der Waals surface area contributed by atoms with E-state index in [-0.39, 0.29) is 17.7 Å². The molecule has 1 aromatic carbocycles. The zero-order valence-electron chi connectivity index (χ0n) is 15.8.